The standard InChI is InChI=1S/C16H14FNS/c17-15-8-1-2-9-16(15)19-12-14-6-3-5-13(11-14)7-4-10-18/h1-3,5-6,8-9,11H,10,12,18H2. The highest BCUT2D eigenvalue weighted by atomic mass is 32.2. The van der Waals surface area contributed by atoms with E-state index in [0.717, 1.165) is 16.9 Å². The lowest BCUT2D eigenvalue weighted by Gasteiger charge is -2.03. The first kappa shape index (κ1) is 13.7. The van der Waals surface area contributed by atoms with Crippen LogP contribution in [-0.2, 0) is 5.75 Å². The van der Waals surface area contributed by atoms with E-state index in [1.165, 1.54) is 17.8 Å². The molecule has 0 saturated carbocycles. The maximum atomic E-state index is 13.5. The van der Waals surface area contributed by atoms with Gasteiger partial charge in [0.15, 0.2) is 0 Å². The third-order valence-electron chi connectivity index (χ3n) is 2.49. The molecule has 0 aromatic heterocycles. The minimum atomic E-state index is -0.174. The van der Waals surface area contributed by atoms with Gasteiger partial charge < -0.3 is 5.73 Å². The molecule has 0 aliphatic rings. The van der Waals surface area contributed by atoms with E-state index in [-0.39, 0.29) is 5.82 Å². The summed E-state index contributed by atoms with van der Waals surface area (Å²) < 4.78 is 13.5. The van der Waals surface area contributed by atoms with Gasteiger partial charge >= 0.3 is 0 Å². The molecule has 0 atom stereocenters. The Bertz CT molecular complexity index is 613. The van der Waals surface area contributed by atoms with Crippen molar-refractivity contribution in [3.8, 4) is 11.8 Å². The van der Waals surface area contributed by atoms with Gasteiger partial charge in [0.2, 0.25) is 0 Å². The molecule has 96 valence electrons. The minimum Gasteiger partial charge on any atom is -0.320 e. The molecule has 1 nitrogen and oxygen atoms in total. The zero-order chi connectivity index (χ0) is 13.5. The molecule has 0 spiro atoms. The normalized spacial score (nSPS) is 9.79. The summed E-state index contributed by atoms with van der Waals surface area (Å²) in [6.45, 7) is 0.355. The summed E-state index contributed by atoms with van der Waals surface area (Å²) in [5.41, 5.74) is 7.41. The Balaban J connectivity index is 2.06. The summed E-state index contributed by atoms with van der Waals surface area (Å²) in [5.74, 6) is 6.37. The van der Waals surface area contributed by atoms with Gasteiger partial charge in [-0.1, -0.05) is 36.1 Å². The third-order valence-corrected chi connectivity index (χ3v) is 3.61. The maximum Gasteiger partial charge on any atom is 0.136 e. The van der Waals surface area contributed by atoms with Gasteiger partial charge in [-0.2, -0.15) is 0 Å². The van der Waals surface area contributed by atoms with Gasteiger partial charge in [-0.3, -0.25) is 0 Å². The number of rotatable bonds is 3. The predicted molar refractivity (Wildman–Crippen MR) is 78.3 cm³/mol. The van der Waals surface area contributed by atoms with E-state index in [0.29, 0.717) is 11.4 Å². The second kappa shape index (κ2) is 6.98. The third kappa shape index (κ3) is 4.13. The lowest BCUT2D eigenvalue weighted by atomic mass is 10.1. The average molecular weight is 271 g/mol. The first-order valence-electron chi connectivity index (χ1n) is 5.95. The van der Waals surface area contributed by atoms with E-state index in [1.54, 1.807) is 12.1 Å². The zero-order valence-electron chi connectivity index (χ0n) is 10.4. The molecule has 0 saturated heterocycles. The van der Waals surface area contributed by atoms with Crippen LogP contribution in [0.2, 0.25) is 0 Å². The number of nitrogens with two attached hydrogens (primary N) is 1. The van der Waals surface area contributed by atoms with Crippen LogP contribution < -0.4 is 5.73 Å². The largest absolute Gasteiger partial charge is 0.320 e. The fraction of sp³-hybridized carbons (Fsp3) is 0.125. The average Bonchev–Trinajstić information content (AvgIpc) is 2.45. The Morgan fingerprint density at radius 3 is 2.74 bits per heavy atom. The number of thioether (sulfide) groups is 1. The molecule has 0 fully saturated rings. The minimum absolute atomic E-state index is 0.174. The summed E-state index contributed by atoms with van der Waals surface area (Å²) in [4.78, 5) is 0.668. The van der Waals surface area contributed by atoms with Crippen molar-refractivity contribution in [2.45, 2.75) is 10.6 Å². The molecular weight excluding hydrogens is 257 g/mol. The smallest absolute Gasteiger partial charge is 0.136 e. The van der Waals surface area contributed by atoms with Gasteiger partial charge in [0, 0.05) is 16.2 Å². The Morgan fingerprint density at radius 1 is 1.11 bits per heavy atom. The second-order valence-electron chi connectivity index (χ2n) is 3.93. The van der Waals surface area contributed by atoms with Crippen molar-refractivity contribution >= 4 is 11.8 Å². The first-order chi connectivity index (χ1) is 9.29. The Hall–Kier alpha value is -1.76. The van der Waals surface area contributed by atoms with E-state index in [2.05, 4.69) is 11.8 Å². The van der Waals surface area contributed by atoms with Crippen molar-refractivity contribution in [3.05, 3.63) is 65.5 Å². The summed E-state index contributed by atoms with van der Waals surface area (Å²) >= 11 is 1.48. The van der Waals surface area contributed by atoms with Crippen LogP contribution in [0.4, 0.5) is 4.39 Å². The van der Waals surface area contributed by atoms with Crippen molar-refractivity contribution in [1.29, 1.82) is 0 Å². The summed E-state index contributed by atoms with van der Waals surface area (Å²) in [7, 11) is 0. The lowest BCUT2D eigenvalue weighted by Crippen LogP contribution is -1.93. The fourth-order valence-electron chi connectivity index (χ4n) is 1.61. The summed E-state index contributed by atoms with van der Waals surface area (Å²) in [6, 6.07) is 14.7. The Morgan fingerprint density at radius 2 is 1.95 bits per heavy atom. The van der Waals surface area contributed by atoms with E-state index in [1.807, 2.05) is 30.3 Å². The van der Waals surface area contributed by atoms with Crippen molar-refractivity contribution in [2.24, 2.45) is 5.73 Å². The van der Waals surface area contributed by atoms with Gasteiger partial charge in [-0.05, 0) is 29.8 Å². The van der Waals surface area contributed by atoms with Gasteiger partial charge in [-0.25, -0.2) is 4.39 Å². The molecule has 2 aromatic rings. The predicted octanol–water partition coefficient (Wildman–Crippen LogP) is 3.43. The van der Waals surface area contributed by atoms with Gasteiger partial charge in [0.1, 0.15) is 5.82 Å². The number of hydrogen-bond donors (Lipinski definition) is 1. The molecule has 0 aliphatic carbocycles. The highest BCUT2D eigenvalue weighted by Gasteiger charge is 2.02. The topological polar surface area (TPSA) is 26.0 Å². The molecule has 19 heavy (non-hydrogen) atoms. The van der Waals surface area contributed by atoms with Crippen LogP contribution in [-0.4, -0.2) is 6.54 Å². The highest BCUT2D eigenvalue weighted by Crippen LogP contribution is 2.25. The summed E-state index contributed by atoms with van der Waals surface area (Å²) in [6.07, 6.45) is 0. The van der Waals surface area contributed by atoms with Gasteiger partial charge in [0.05, 0.1) is 6.54 Å². The fourth-order valence-corrected chi connectivity index (χ4v) is 2.50. The number of hydrogen-bond acceptors (Lipinski definition) is 2. The molecule has 0 aliphatic heterocycles. The molecule has 2 N–H and O–H groups in total. The molecule has 0 radical (unpaired) electrons. The Kier molecular flexibility index (Phi) is 5.02. The van der Waals surface area contributed by atoms with Crippen LogP contribution in [0.3, 0.4) is 0 Å². The molecule has 0 unspecified atom stereocenters. The van der Waals surface area contributed by atoms with Gasteiger partial charge in [0.25, 0.3) is 0 Å². The molecule has 0 heterocycles. The summed E-state index contributed by atoms with van der Waals surface area (Å²) in [5, 5.41) is 0. The zero-order valence-corrected chi connectivity index (χ0v) is 11.2. The van der Waals surface area contributed by atoms with E-state index < -0.39 is 0 Å². The monoisotopic (exact) mass is 271 g/mol. The van der Waals surface area contributed by atoms with Crippen LogP contribution in [0, 0.1) is 17.7 Å². The molecule has 2 aromatic carbocycles. The molecule has 3 heteroatoms. The highest BCUT2D eigenvalue weighted by molar-refractivity contribution is 7.98. The van der Waals surface area contributed by atoms with Crippen molar-refractivity contribution in [1.82, 2.24) is 0 Å². The van der Waals surface area contributed by atoms with Crippen molar-refractivity contribution < 1.29 is 4.39 Å². The number of benzene rings is 2. The maximum absolute atomic E-state index is 13.5. The molecule has 0 amide bonds. The molecule has 2 rings (SSSR count). The second-order valence-corrected chi connectivity index (χ2v) is 4.94. The van der Waals surface area contributed by atoms with Crippen LogP contribution >= 0.6 is 11.8 Å². The van der Waals surface area contributed by atoms with E-state index >= 15 is 0 Å². The SMILES string of the molecule is NCC#Cc1cccc(CSc2ccccc2F)c1. The first-order valence-corrected chi connectivity index (χ1v) is 6.93. The van der Waals surface area contributed by atoms with Gasteiger partial charge in [-0.15, -0.1) is 11.8 Å². The van der Waals surface area contributed by atoms with E-state index in [4.69, 9.17) is 5.73 Å². The molecule has 0 bridgehead atoms. The van der Waals surface area contributed by atoms with E-state index in [9.17, 15) is 4.39 Å². The van der Waals surface area contributed by atoms with Crippen LogP contribution in [0.25, 0.3) is 0 Å². The van der Waals surface area contributed by atoms with Crippen LogP contribution in [0.15, 0.2) is 53.4 Å². The van der Waals surface area contributed by atoms with Crippen molar-refractivity contribution in [2.75, 3.05) is 6.54 Å². The van der Waals surface area contributed by atoms with Crippen LogP contribution in [0.5, 0.6) is 0 Å². The Labute approximate surface area is 117 Å². The van der Waals surface area contributed by atoms with Crippen molar-refractivity contribution in [3.63, 3.8) is 0 Å². The number of halogens is 1. The quantitative estimate of drug-likeness (QED) is 0.683. The van der Waals surface area contributed by atoms with Crippen LogP contribution in [0.1, 0.15) is 11.1 Å². The molecular formula is C16H14FNS. The lowest BCUT2D eigenvalue weighted by molar-refractivity contribution is 0.602.